The number of nitrogens with zero attached hydrogens (tertiary/aromatic N) is 4. The number of aromatic nitrogens is 3. The lowest BCUT2D eigenvalue weighted by Gasteiger charge is -2.34. The van der Waals surface area contributed by atoms with Crippen LogP contribution in [0.2, 0.25) is 0 Å². The standard InChI is InChI=1S/C22H25N5O2S/c1-14-8-9-15(2)18(11-14)27(21(29)17-13-30-26-25-17)19(16-7-6-10-23-12-16)20(28)24-22(3,4)5/h6-13,19H,1-5H3,(H,24,28)/t19-/m0/s1. The number of aryl methyl sites for hydroxylation is 2. The molecule has 2 amide bonds. The molecule has 0 unspecified atom stereocenters. The summed E-state index contributed by atoms with van der Waals surface area (Å²) in [6.45, 7) is 9.57. The van der Waals surface area contributed by atoms with E-state index in [2.05, 4.69) is 19.9 Å². The Morgan fingerprint density at radius 2 is 1.93 bits per heavy atom. The monoisotopic (exact) mass is 423 g/mol. The first kappa shape index (κ1) is 21.6. The van der Waals surface area contributed by atoms with E-state index in [4.69, 9.17) is 0 Å². The second-order valence-electron chi connectivity index (χ2n) is 8.18. The van der Waals surface area contributed by atoms with E-state index in [9.17, 15) is 9.59 Å². The van der Waals surface area contributed by atoms with Crippen LogP contribution in [0.3, 0.4) is 0 Å². The Morgan fingerprint density at radius 1 is 1.17 bits per heavy atom. The van der Waals surface area contributed by atoms with Crippen LogP contribution in [0.25, 0.3) is 0 Å². The predicted octanol–water partition coefficient (Wildman–Crippen LogP) is 3.85. The number of hydrogen-bond acceptors (Lipinski definition) is 6. The molecule has 2 heterocycles. The van der Waals surface area contributed by atoms with Crippen molar-refractivity contribution in [2.45, 2.75) is 46.2 Å². The van der Waals surface area contributed by atoms with Gasteiger partial charge in [-0.3, -0.25) is 19.5 Å². The van der Waals surface area contributed by atoms with Crippen molar-refractivity contribution in [3.05, 3.63) is 70.5 Å². The van der Waals surface area contributed by atoms with Crippen molar-refractivity contribution in [3.8, 4) is 0 Å². The molecular weight excluding hydrogens is 398 g/mol. The number of carbonyl (C=O) groups excluding carboxylic acids is 2. The fraction of sp³-hybridized carbons (Fsp3) is 0.318. The number of amides is 2. The van der Waals surface area contributed by atoms with Gasteiger partial charge in [0.05, 0.1) is 0 Å². The highest BCUT2D eigenvalue weighted by atomic mass is 32.1. The van der Waals surface area contributed by atoms with Crippen LogP contribution >= 0.6 is 11.5 Å². The molecule has 156 valence electrons. The van der Waals surface area contributed by atoms with Crippen LogP contribution in [-0.4, -0.2) is 31.9 Å². The first-order valence-electron chi connectivity index (χ1n) is 9.57. The van der Waals surface area contributed by atoms with Gasteiger partial charge in [0.25, 0.3) is 5.91 Å². The highest BCUT2D eigenvalue weighted by molar-refractivity contribution is 7.03. The Labute approximate surface area is 180 Å². The lowest BCUT2D eigenvalue weighted by atomic mass is 10.0. The SMILES string of the molecule is Cc1ccc(C)c(N(C(=O)c2csnn2)[C@H](C(=O)NC(C)(C)C)c2cccnc2)c1. The van der Waals surface area contributed by atoms with Gasteiger partial charge in [0.2, 0.25) is 5.91 Å². The molecule has 1 aromatic carbocycles. The zero-order valence-electron chi connectivity index (χ0n) is 17.7. The largest absolute Gasteiger partial charge is 0.349 e. The molecule has 0 bridgehead atoms. The minimum Gasteiger partial charge on any atom is -0.349 e. The third kappa shape index (κ3) is 4.88. The summed E-state index contributed by atoms with van der Waals surface area (Å²) in [5, 5.41) is 8.55. The quantitative estimate of drug-likeness (QED) is 0.673. The van der Waals surface area contributed by atoms with Gasteiger partial charge >= 0.3 is 0 Å². The number of benzene rings is 1. The van der Waals surface area contributed by atoms with Crippen molar-refractivity contribution < 1.29 is 9.59 Å². The molecule has 0 aliphatic carbocycles. The third-order valence-corrected chi connectivity index (χ3v) is 4.93. The normalized spacial score (nSPS) is 12.3. The van der Waals surface area contributed by atoms with Crippen LogP contribution in [0, 0.1) is 13.8 Å². The van der Waals surface area contributed by atoms with Gasteiger partial charge < -0.3 is 5.32 Å². The number of nitrogens with one attached hydrogen (secondary N) is 1. The third-order valence-electron chi connectivity index (χ3n) is 4.43. The molecular formula is C22H25N5O2S. The van der Waals surface area contributed by atoms with E-state index in [0.29, 0.717) is 11.3 Å². The molecule has 0 aliphatic heterocycles. The fourth-order valence-electron chi connectivity index (χ4n) is 3.12. The first-order valence-corrected chi connectivity index (χ1v) is 10.4. The van der Waals surface area contributed by atoms with Gasteiger partial charge in [-0.2, -0.15) is 0 Å². The van der Waals surface area contributed by atoms with E-state index in [1.807, 2.05) is 52.8 Å². The number of pyridine rings is 1. The van der Waals surface area contributed by atoms with Crippen molar-refractivity contribution in [3.63, 3.8) is 0 Å². The van der Waals surface area contributed by atoms with Gasteiger partial charge in [0, 0.05) is 34.6 Å². The molecule has 2 aromatic heterocycles. The van der Waals surface area contributed by atoms with E-state index in [1.54, 1.807) is 29.9 Å². The van der Waals surface area contributed by atoms with Gasteiger partial charge in [0.1, 0.15) is 6.04 Å². The molecule has 3 aromatic rings. The maximum absolute atomic E-state index is 13.6. The Balaban J connectivity index is 2.21. The second-order valence-corrected chi connectivity index (χ2v) is 8.79. The average Bonchev–Trinajstić information content (AvgIpc) is 3.21. The summed E-state index contributed by atoms with van der Waals surface area (Å²) in [5.74, 6) is -0.691. The lowest BCUT2D eigenvalue weighted by molar-refractivity contribution is -0.123. The van der Waals surface area contributed by atoms with Crippen LogP contribution < -0.4 is 10.2 Å². The molecule has 3 rings (SSSR count). The Morgan fingerprint density at radius 3 is 2.53 bits per heavy atom. The van der Waals surface area contributed by atoms with E-state index >= 15 is 0 Å². The Bertz CT molecular complexity index is 1030. The average molecular weight is 424 g/mol. The van der Waals surface area contributed by atoms with E-state index < -0.39 is 17.5 Å². The summed E-state index contributed by atoms with van der Waals surface area (Å²) in [4.78, 5) is 32.7. The van der Waals surface area contributed by atoms with E-state index in [-0.39, 0.29) is 11.6 Å². The maximum Gasteiger partial charge on any atom is 0.280 e. The number of anilines is 1. The zero-order valence-corrected chi connectivity index (χ0v) is 18.5. The fourth-order valence-corrected chi connectivity index (χ4v) is 3.55. The number of rotatable bonds is 5. The second kappa shape index (κ2) is 8.71. The van der Waals surface area contributed by atoms with Crippen molar-refractivity contribution >= 4 is 29.0 Å². The molecule has 30 heavy (non-hydrogen) atoms. The lowest BCUT2D eigenvalue weighted by Crippen LogP contribution is -2.49. The summed E-state index contributed by atoms with van der Waals surface area (Å²) >= 11 is 1.09. The molecule has 0 aliphatic rings. The van der Waals surface area contributed by atoms with Crippen molar-refractivity contribution in [1.82, 2.24) is 19.9 Å². The minimum absolute atomic E-state index is 0.193. The molecule has 0 spiro atoms. The van der Waals surface area contributed by atoms with Crippen molar-refractivity contribution in [2.75, 3.05) is 4.90 Å². The summed E-state index contributed by atoms with van der Waals surface area (Å²) < 4.78 is 3.83. The summed E-state index contributed by atoms with van der Waals surface area (Å²) in [5.41, 5.74) is 2.82. The van der Waals surface area contributed by atoms with Crippen LogP contribution in [0.5, 0.6) is 0 Å². The summed E-state index contributed by atoms with van der Waals surface area (Å²) in [7, 11) is 0. The Kier molecular flexibility index (Phi) is 6.26. The van der Waals surface area contributed by atoms with Gasteiger partial charge in [0.15, 0.2) is 5.69 Å². The highest BCUT2D eigenvalue weighted by Gasteiger charge is 2.36. The Hall–Kier alpha value is -3.13. The van der Waals surface area contributed by atoms with Crippen LogP contribution in [0.1, 0.15) is 54.0 Å². The molecule has 8 heteroatoms. The topological polar surface area (TPSA) is 88.1 Å². The minimum atomic E-state index is -0.923. The van der Waals surface area contributed by atoms with E-state index in [1.165, 1.54) is 4.90 Å². The van der Waals surface area contributed by atoms with Crippen molar-refractivity contribution in [2.24, 2.45) is 0 Å². The van der Waals surface area contributed by atoms with Gasteiger partial charge in [-0.15, -0.1) is 5.10 Å². The smallest absolute Gasteiger partial charge is 0.280 e. The maximum atomic E-state index is 13.6. The first-order chi connectivity index (χ1) is 14.2. The highest BCUT2D eigenvalue weighted by Crippen LogP contribution is 2.32. The van der Waals surface area contributed by atoms with Gasteiger partial charge in [-0.1, -0.05) is 22.7 Å². The van der Waals surface area contributed by atoms with Crippen molar-refractivity contribution in [1.29, 1.82) is 0 Å². The molecule has 1 atom stereocenters. The summed E-state index contributed by atoms with van der Waals surface area (Å²) in [6.07, 6.45) is 3.24. The number of hydrogen-bond donors (Lipinski definition) is 1. The molecule has 0 saturated heterocycles. The zero-order chi connectivity index (χ0) is 21.9. The van der Waals surface area contributed by atoms with Gasteiger partial charge in [-0.25, -0.2) is 0 Å². The van der Waals surface area contributed by atoms with E-state index in [0.717, 1.165) is 22.7 Å². The molecule has 0 radical (unpaired) electrons. The molecule has 7 nitrogen and oxygen atoms in total. The van der Waals surface area contributed by atoms with Crippen LogP contribution in [-0.2, 0) is 4.79 Å². The summed E-state index contributed by atoms with van der Waals surface area (Å²) in [6, 6.07) is 8.44. The predicted molar refractivity (Wildman–Crippen MR) is 118 cm³/mol. The molecule has 1 N–H and O–H groups in total. The number of carbonyl (C=O) groups is 2. The molecule has 0 saturated carbocycles. The van der Waals surface area contributed by atoms with Crippen LogP contribution in [0.4, 0.5) is 5.69 Å². The molecule has 0 fully saturated rings. The van der Waals surface area contributed by atoms with Crippen LogP contribution in [0.15, 0.2) is 48.1 Å². The van der Waals surface area contributed by atoms with Gasteiger partial charge in [-0.05, 0) is 69.4 Å².